The summed E-state index contributed by atoms with van der Waals surface area (Å²) in [5, 5.41) is 0. The smallest absolute Gasteiger partial charge is 0.150 e. The second-order valence-corrected chi connectivity index (χ2v) is 6.90. The van der Waals surface area contributed by atoms with Gasteiger partial charge in [0.1, 0.15) is 5.78 Å². The zero-order valence-electron chi connectivity index (χ0n) is 9.63. The first-order valence-electron chi connectivity index (χ1n) is 5.81. The van der Waals surface area contributed by atoms with Crippen molar-refractivity contribution in [3.63, 3.8) is 0 Å². The SMILES string of the molecule is O=C(Cc1ccccc1)CC1CCS(=O)(=O)C1. The van der Waals surface area contributed by atoms with Crippen molar-refractivity contribution in [2.75, 3.05) is 11.5 Å². The Bertz CT molecular complexity index is 491. The van der Waals surface area contributed by atoms with Gasteiger partial charge in [0.25, 0.3) is 0 Å². The largest absolute Gasteiger partial charge is 0.299 e. The molecule has 2 rings (SSSR count). The van der Waals surface area contributed by atoms with Crippen LogP contribution in [-0.4, -0.2) is 25.7 Å². The Morgan fingerprint density at radius 3 is 2.53 bits per heavy atom. The second-order valence-electron chi connectivity index (χ2n) is 4.67. The average Bonchev–Trinajstić information content (AvgIpc) is 2.59. The van der Waals surface area contributed by atoms with Gasteiger partial charge in [-0.1, -0.05) is 30.3 Å². The van der Waals surface area contributed by atoms with Crippen molar-refractivity contribution >= 4 is 15.6 Å². The van der Waals surface area contributed by atoms with Gasteiger partial charge in [-0.25, -0.2) is 8.42 Å². The molecule has 17 heavy (non-hydrogen) atoms. The quantitative estimate of drug-likeness (QED) is 0.818. The molecule has 0 bridgehead atoms. The molecule has 4 heteroatoms. The lowest BCUT2D eigenvalue weighted by Crippen LogP contribution is -2.12. The van der Waals surface area contributed by atoms with E-state index in [0.29, 0.717) is 19.3 Å². The lowest BCUT2D eigenvalue weighted by atomic mass is 9.98. The standard InChI is InChI=1S/C13H16O3S/c14-13(8-11-4-2-1-3-5-11)9-12-6-7-17(15,16)10-12/h1-5,12H,6-10H2. The lowest BCUT2D eigenvalue weighted by molar-refractivity contribution is -0.119. The predicted molar refractivity (Wildman–Crippen MR) is 66.5 cm³/mol. The van der Waals surface area contributed by atoms with Crippen LogP contribution >= 0.6 is 0 Å². The Morgan fingerprint density at radius 1 is 1.24 bits per heavy atom. The van der Waals surface area contributed by atoms with Gasteiger partial charge >= 0.3 is 0 Å². The highest BCUT2D eigenvalue weighted by molar-refractivity contribution is 7.91. The molecule has 0 saturated carbocycles. The summed E-state index contributed by atoms with van der Waals surface area (Å²) in [5.41, 5.74) is 0.998. The van der Waals surface area contributed by atoms with Crippen LogP contribution in [0.3, 0.4) is 0 Å². The molecular weight excluding hydrogens is 236 g/mol. The Kier molecular flexibility index (Phi) is 3.62. The van der Waals surface area contributed by atoms with Gasteiger partial charge in [0.05, 0.1) is 11.5 Å². The van der Waals surface area contributed by atoms with E-state index in [-0.39, 0.29) is 23.2 Å². The van der Waals surface area contributed by atoms with Gasteiger partial charge in [0.15, 0.2) is 9.84 Å². The monoisotopic (exact) mass is 252 g/mol. The Morgan fingerprint density at radius 2 is 1.94 bits per heavy atom. The first-order valence-corrected chi connectivity index (χ1v) is 7.63. The molecule has 0 radical (unpaired) electrons. The highest BCUT2D eigenvalue weighted by Gasteiger charge is 2.29. The minimum atomic E-state index is -2.87. The number of Topliss-reactive ketones (excluding diaryl/α,β-unsaturated/α-hetero) is 1. The Hall–Kier alpha value is -1.16. The molecule has 1 aromatic rings. The minimum absolute atomic E-state index is 0.0382. The van der Waals surface area contributed by atoms with E-state index in [1.54, 1.807) is 0 Å². The highest BCUT2D eigenvalue weighted by Crippen LogP contribution is 2.22. The normalized spacial score (nSPS) is 22.5. The third-order valence-electron chi connectivity index (χ3n) is 3.09. The van der Waals surface area contributed by atoms with E-state index in [4.69, 9.17) is 0 Å². The molecule has 0 aromatic heterocycles. The summed E-state index contributed by atoms with van der Waals surface area (Å²) in [6, 6.07) is 9.56. The van der Waals surface area contributed by atoms with Crippen LogP contribution in [0.2, 0.25) is 0 Å². The summed E-state index contributed by atoms with van der Waals surface area (Å²) in [6.45, 7) is 0. The number of benzene rings is 1. The van der Waals surface area contributed by atoms with Gasteiger partial charge in [-0.15, -0.1) is 0 Å². The molecule has 0 aliphatic carbocycles. The van der Waals surface area contributed by atoms with Crippen molar-refractivity contribution in [3.05, 3.63) is 35.9 Å². The summed E-state index contributed by atoms with van der Waals surface area (Å²) in [5.74, 6) is 0.610. The molecule has 1 aromatic carbocycles. The van der Waals surface area contributed by atoms with Gasteiger partial charge in [0, 0.05) is 12.8 Å². The van der Waals surface area contributed by atoms with Gasteiger partial charge < -0.3 is 0 Å². The summed E-state index contributed by atoms with van der Waals surface area (Å²) < 4.78 is 22.5. The van der Waals surface area contributed by atoms with Crippen molar-refractivity contribution in [2.45, 2.75) is 19.3 Å². The molecular formula is C13H16O3S. The predicted octanol–water partition coefficient (Wildman–Crippen LogP) is 1.62. The zero-order chi connectivity index (χ0) is 12.3. The first-order chi connectivity index (χ1) is 8.05. The fraction of sp³-hybridized carbons (Fsp3) is 0.462. The maximum Gasteiger partial charge on any atom is 0.150 e. The van der Waals surface area contributed by atoms with E-state index in [1.165, 1.54) is 0 Å². The van der Waals surface area contributed by atoms with Crippen molar-refractivity contribution in [2.24, 2.45) is 5.92 Å². The van der Waals surface area contributed by atoms with Crippen LogP contribution in [0.4, 0.5) is 0 Å². The molecule has 1 fully saturated rings. The number of carbonyl (C=O) groups excluding carboxylic acids is 1. The van der Waals surface area contributed by atoms with Crippen molar-refractivity contribution in [3.8, 4) is 0 Å². The maximum atomic E-state index is 11.8. The topological polar surface area (TPSA) is 51.2 Å². The maximum absolute atomic E-state index is 11.8. The van der Waals surface area contributed by atoms with Crippen LogP contribution in [0.15, 0.2) is 30.3 Å². The van der Waals surface area contributed by atoms with Gasteiger partial charge in [-0.2, -0.15) is 0 Å². The average molecular weight is 252 g/mol. The zero-order valence-corrected chi connectivity index (χ0v) is 10.4. The van der Waals surface area contributed by atoms with Crippen LogP contribution in [0.1, 0.15) is 18.4 Å². The van der Waals surface area contributed by atoms with Crippen LogP contribution in [0.5, 0.6) is 0 Å². The molecule has 0 amide bonds. The fourth-order valence-corrected chi connectivity index (χ4v) is 4.11. The molecule has 3 nitrogen and oxygen atoms in total. The van der Waals surface area contributed by atoms with E-state index in [9.17, 15) is 13.2 Å². The third-order valence-corrected chi connectivity index (χ3v) is 4.92. The summed E-state index contributed by atoms with van der Waals surface area (Å²) in [6.07, 6.45) is 1.45. The molecule has 1 saturated heterocycles. The van der Waals surface area contributed by atoms with Crippen molar-refractivity contribution in [1.29, 1.82) is 0 Å². The molecule has 0 N–H and O–H groups in total. The Labute approximate surface area is 102 Å². The lowest BCUT2D eigenvalue weighted by Gasteiger charge is -2.06. The number of hydrogen-bond acceptors (Lipinski definition) is 3. The summed E-state index contributed by atoms with van der Waals surface area (Å²) >= 11 is 0. The molecule has 1 aliphatic rings. The number of rotatable bonds is 4. The van der Waals surface area contributed by atoms with E-state index < -0.39 is 9.84 Å². The fourth-order valence-electron chi connectivity index (χ4n) is 2.25. The van der Waals surface area contributed by atoms with E-state index in [2.05, 4.69) is 0 Å². The van der Waals surface area contributed by atoms with Gasteiger partial charge in [-0.05, 0) is 17.9 Å². The summed E-state index contributed by atoms with van der Waals surface area (Å²) in [7, 11) is -2.87. The number of ketones is 1. The number of carbonyl (C=O) groups is 1. The van der Waals surface area contributed by atoms with Gasteiger partial charge in [-0.3, -0.25) is 4.79 Å². The summed E-state index contributed by atoms with van der Waals surface area (Å²) in [4.78, 5) is 11.8. The highest BCUT2D eigenvalue weighted by atomic mass is 32.2. The number of hydrogen-bond donors (Lipinski definition) is 0. The second kappa shape index (κ2) is 5.00. The molecule has 1 unspecified atom stereocenters. The molecule has 92 valence electrons. The van der Waals surface area contributed by atoms with E-state index >= 15 is 0 Å². The molecule has 1 atom stereocenters. The molecule has 1 heterocycles. The van der Waals surface area contributed by atoms with Crippen LogP contribution < -0.4 is 0 Å². The minimum Gasteiger partial charge on any atom is -0.299 e. The molecule has 1 aliphatic heterocycles. The van der Waals surface area contributed by atoms with Crippen LogP contribution in [0.25, 0.3) is 0 Å². The van der Waals surface area contributed by atoms with Crippen LogP contribution in [0, 0.1) is 5.92 Å². The van der Waals surface area contributed by atoms with Gasteiger partial charge in [0.2, 0.25) is 0 Å². The van der Waals surface area contributed by atoms with Crippen molar-refractivity contribution < 1.29 is 13.2 Å². The first kappa shape index (κ1) is 12.3. The van der Waals surface area contributed by atoms with E-state index in [0.717, 1.165) is 5.56 Å². The molecule has 0 spiro atoms. The number of sulfone groups is 1. The van der Waals surface area contributed by atoms with Crippen LogP contribution in [-0.2, 0) is 21.1 Å². The third kappa shape index (κ3) is 3.66. The van der Waals surface area contributed by atoms with E-state index in [1.807, 2.05) is 30.3 Å². The Balaban J connectivity index is 1.87. The van der Waals surface area contributed by atoms with Crippen molar-refractivity contribution in [1.82, 2.24) is 0 Å².